The van der Waals surface area contributed by atoms with Crippen molar-refractivity contribution in [2.24, 2.45) is 0 Å². The summed E-state index contributed by atoms with van der Waals surface area (Å²) in [6.07, 6.45) is 3.00. The molecular weight excluding hydrogens is 260 g/mol. The number of nitro benzene ring substituents is 1. The number of hydrogen-bond donors (Lipinski definition) is 2. The molecule has 1 aromatic heterocycles. The highest BCUT2D eigenvalue weighted by molar-refractivity contribution is 6.36. The van der Waals surface area contributed by atoms with Crippen LogP contribution in [-0.2, 0) is 0 Å². The summed E-state index contributed by atoms with van der Waals surface area (Å²) < 4.78 is 0. The van der Waals surface area contributed by atoms with Gasteiger partial charge in [0.2, 0.25) is 5.95 Å². The van der Waals surface area contributed by atoms with Crippen LogP contribution in [0.3, 0.4) is 0 Å². The first-order valence-electron chi connectivity index (χ1n) is 4.83. The van der Waals surface area contributed by atoms with Crippen LogP contribution in [0.2, 0.25) is 5.02 Å². The summed E-state index contributed by atoms with van der Waals surface area (Å²) in [5.74, 6) is -0.332. The summed E-state index contributed by atoms with van der Waals surface area (Å²) in [6, 6.07) is 4.01. The molecule has 8 heteroatoms. The van der Waals surface area contributed by atoms with Gasteiger partial charge in [-0.3, -0.25) is 20.2 Å². The van der Waals surface area contributed by atoms with Crippen LogP contribution in [0.25, 0.3) is 0 Å². The smallest absolute Gasteiger partial charge is 0.288 e. The molecule has 0 bridgehead atoms. The van der Waals surface area contributed by atoms with Gasteiger partial charge in [0.05, 0.1) is 10.5 Å². The van der Waals surface area contributed by atoms with E-state index in [1.807, 2.05) is 0 Å². The molecule has 0 fully saturated rings. The highest BCUT2D eigenvalue weighted by Gasteiger charge is 2.20. The molecule has 1 heterocycles. The van der Waals surface area contributed by atoms with Crippen molar-refractivity contribution in [2.45, 2.75) is 0 Å². The molecule has 0 saturated heterocycles. The number of nitrogens with zero attached hydrogens (tertiary/aromatic N) is 2. The van der Waals surface area contributed by atoms with Gasteiger partial charge in [-0.15, -0.1) is 0 Å². The standard InChI is InChI=1S/C10H7ClN4O3/c11-8-6(2-1-3-7(8)15(17)18)9(16)14-10-12-4-5-13-10/h1-5H,(H2,12,13,14,16). The molecule has 7 nitrogen and oxygen atoms in total. The van der Waals surface area contributed by atoms with Crippen LogP contribution in [0.1, 0.15) is 10.4 Å². The monoisotopic (exact) mass is 266 g/mol. The van der Waals surface area contributed by atoms with E-state index in [2.05, 4.69) is 15.3 Å². The zero-order valence-electron chi connectivity index (χ0n) is 8.88. The number of anilines is 1. The van der Waals surface area contributed by atoms with Gasteiger partial charge < -0.3 is 4.98 Å². The molecule has 1 amide bonds. The van der Waals surface area contributed by atoms with Crippen LogP contribution in [0.5, 0.6) is 0 Å². The number of imidazole rings is 1. The van der Waals surface area contributed by atoms with Crippen LogP contribution in [0.15, 0.2) is 30.6 Å². The van der Waals surface area contributed by atoms with Gasteiger partial charge in [0.25, 0.3) is 11.6 Å². The molecule has 0 spiro atoms. The number of carbonyl (C=O) groups is 1. The molecule has 2 N–H and O–H groups in total. The summed E-state index contributed by atoms with van der Waals surface area (Å²) in [5.41, 5.74) is -0.300. The fraction of sp³-hybridized carbons (Fsp3) is 0. The minimum atomic E-state index is -0.647. The number of amides is 1. The maximum Gasteiger partial charge on any atom is 0.288 e. The van der Waals surface area contributed by atoms with Crippen LogP contribution >= 0.6 is 11.6 Å². The molecule has 2 aromatic rings. The quantitative estimate of drug-likeness (QED) is 0.657. The molecule has 0 radical (unpaired) electrons. The highest BCUT2D eigenvalue weighted by Crippen LogP contribution is 2.27. The predicted molar refractivity (Wildman–Crippen MR) is 64.6 cm³/mol. The topological polar surface area (TPSA) is 101 Å². The summed E-state index contributed by atoms with van der Waals surface area (Å²) >= 11 is 5.81. The first kappa shape index (κ1) is 12.1. The molecule has 18 heavy (non-hydrogen) atoms. The second kappa shape index (κ2) is 4.84. The maximum absolute atomic E-state index is 11.8. The fourth-order valence-electron chi connectivity index (χ4n) is 1.34. The van der Waals surface area contributed by atoms with Gasteiger partial charge >= 0.3 is 0 Å². The van der Waals surface area contributed by atoms with E-state index < -0.39 is 10.8 Å². The lowest BCUT2D eigenvalue weighted by Gasteiger charge is -2.04. The number of benzene rings is 1. The van der Waals surface area contributed by atoms with E-state index >= 15 is 0 Å². The normalized spacial score (nSPS) is 10.1. The summed E-state index contributed by atoms with van der Waals surface area (Å²) in [7, 11) is 0. The van der Waals surface area contributed by atoms with Crippen molar-refractivity contribution in [1.82, 2.24) is 9.97 Å². The molecule has 2 rings (SSSR count). The van der Waals surface area contributed by atoms with Crippen LogP contribution in [0, 0.1) is 10.1 Å². The Hall–Kier alpha value is -2.41. The van der Waals surface area contributed by atoms with Crippen LogP contribution in [0.4, 0.5) is 11.6 Å². The van der Waals surface area contributed by atoms with Gasteiger partial charge in [0.15, 0.2) is 0 Å². The van der Waals surface area contributed by atoms with Crippen LogP contribution < -0.4 is 5.32 Å². The lowest BCUT2D eigenvalue weighted by Crippen LogP contribution is -2.13. The maximum atomic E-state index is 11.8. The average molecular weight is 267 g/mol. The Morgan fingerprint density at radius 3 is 2.89 bits per heavy atom. The van der Waals surface area contributed by atoms with E-state index in [4.69, 9.17) is 11.6 Å². The second-order valence-electron chi connectivity index (χ2n) is 3.29. The van der Waals surface area contributed by atoms with Crippen molar-refractivity contribution in [1.29, 1.82) is 0 Å². The Labute approximate surface area is 106 Å². The predicted octanol–water partition coefficient (Wildman–Crippen LogP) is 2.22. The van der Waals surface area contributed by atoms with Crippen LogP contribution in [-0.4, -0.2) is 20.8 Å². The van der Waals surface area contributed by atoms with Crippen molar-refractivity contribution in [2.75, 3.05) is 5.32 Å². The third-order valence-corrected chi connectivity index (χ3v) is 2.55. The number of nitro groups is 1. The van der Waals surface area contributed by atoms with Crippen molar-refractivity contribution in [3.8, 4) is 0 Å². The third-order valence-electron chi connectivity index (χ3n) is 2.15. The summed E-state index contributed by atoms with van der Waals surface area (Å²) in [6.45, 7) is 0. The van der Waals surface area contributed by atoms with Gasteiger partial charge in [-0.25, -0.2) is 4.98 Å². The zero-order valence-corrected chi connectivity index (χ0v) is 9.64. The van der Waals surface area contributed by atoms with Gasteiger partial charge in [0, 0.05) is 18.5 Å². The van der Waals surface area contributed by atoms with Crippen molar-refractivity contribution in [3.05, 3.63) is 51.3 Å². The van der Waals surface area contributed by atoms with E-state index in [0.29, 0.717) is 0 Å². The molecule has 92 valence electrons. The molecule has 1 aromatic carbocycles. The van der Waals surface area contributed by atoms with Gasteiger partial charge in [-0.2, -0.15) is 0 Å². The Morgan fingerprint density at radius 2 is 2.28 bits per heavy atom. The first-order chi connectivity index (χ1) is 8.59. The Bertz CT molecular complexity index is 597. The molecule has 0 aliphatic rings. The van der Waals surface area contributed by atoms with E-state index in [0.717, 1.165) is 0 Å². The van der Waals surface area contributed by atoms with E-state index in [-0.39, 0.29) is 22.2 Å². The lowest BCUT2D eigenvalue weighted by molar-refractivity contribution is -0.384. The molecule has 0 unspecified atom stereocenters. The number of H-pyrrole nitrogens is 1. The third kappa shape index (κ3) is 2.30. The Balaban J connectivity index is 2.31. The van der Waals surface area contributed by atoms with Gasteiger partial charge in [0.1, 0.15) is 5.02 Å². The molecular formula is C10H7ClN4O3. The number of aromatic amines is 1. The fourth-order valence-corrected chi connectivity index (χ4v) is 1.63. The first-order valence-corrected chi connectivity index (χ1v) is 5.21. The number of halogens is 1. The van der Waals surface area contributed by atoms with Gasteiger partial charge in [-0.05, 0) is 6.07 Å². The average Bonchev–Trinajstić information content (AvgIpc) is 2.81. The number of aromatic nitrogens is 2. The molecule has 0 atom stereocenters. The van der Waals surface area contributed by atoms with E-state index in [9.17, 15) is 14.9 Å². The summed E-state index contributed by atoms with van der Waals surface area (Å²) in [4.78, 5) is 28.3. The largest absolute Gasteiger partial charge is 0.331 e. The Morgan fingerprint density at radius 1 is 1.50 bits per heavy atom. The summed E-state index contributed by atoms with van der Waals surface area (Å²) in [5, 5.41) is 12.9. The minimum Gasteiger partial charge on any atom is -0.331 e. The molecule has 0 aliphatic heterocycles. The SMILES string of the molecule is O=C(Nc1ncc[nH]1)c1cccc([N+](=O)[O-])c1Cl. The van der Waals surface area contributed by atoms with Gasteiger partial charge in [-0.1, -0.05) is 17.7 Å². The number of carbonyl (C=O) groups excluding carboxylic acids is 1. The second-order valence-corrected chi connectivity index (χ2v) is 3.67. The molecule has 0 aliphatic carbocycles. The number of hydrogen-bond acceptors (Lipinski definition) is 4. The van der Waals surface area contributed by atoms with Crippen molar-refractivity contribution in [3.63, 3.8) is 0 Å². The highest BCUT2D eigenvalue weighted by atomic mass is 35.5. The van der Waals surface area contributed by atoms with Crippen molar-refractivity contribution >= 4 is 29.1 Å². The molecule has 0 saturated carbocycles. The Kier molecular flexibility index (Phi) is 3.24. The van der Waals surface area contributed by atoms with Crippen molar-refractivity contribution < 1.29 is 9.72 Å². The lowest BCUT2D eigenvalue weighted by atomic mass is 10.2. The zero-order chi connectivity index (χ0) is 13.1. The minimum absolute atomic E-state index is 0.0160. The van der Waals surface area contributed by atoms with E-state index in [1.54, 1.807) is 0 Å². The number of rotatable bonds is 3. The number of nitrogens with one attached hydrogen (secondary N) is 2. The van der Waals surface area contributed by atoms with E-state index in [1.165, 1.54) is 30.6 Å².